The molecule has 0 fully saturated rings. The number of carbonyl (C=O) groups is 2. The Balaban J connectivity index is 1.71. The average Bonchev–Trinajstić information content (AvgIpc) is 2.77. The lowest BCUT2D eigenvalue weighted by molar-refractivity contribution is -0.124. The zero-order valence-corrected chi connectivity index (χ0v) is 15.3. The van der Waals surface area contributed by atoms with Crippen molar-refractivity contribution in [1.29, 1.82) is 0 Å². The lowest BCUT2D eigenvalue weighted by atomic mass is 9.68. The first-order valence-electron chi connectivity index (χ1n) is 9.29. The molecule has 0 spiro atoms. The highest BCUT2D eigenvalue weighted by Crippen LogP contribution is 2.41. The van der Waals surface area contributed by atoms with Gasteiger partial charge < -0.3 is 4.74 Å². The van der Waals surface area contributed by atoms with Crippen LogP contribution in [0, 0.1) is 0 Å². The Labute approximate surface area is 164 Å². The van der Waals surface area contributed by atoms with E-state index in [1.54, 1.807) is 30.3 Å². The van der Waals surface area contributed by atoms with Gasteiger partial charge in [0, 0.05) is 11.8 Å². The third-order valence-electron chi connectivity index (χ3n) is 5.19. The molecule has 0 bridgehead atoms. The molecule has 0 aliphatic heterocycles. The van der Waals surface area contributed by atoms with Gasteiger partial charge in [0.15, 0.2) is 11.9 Å². The molecular weight excluding hydrogens is 348 g/mol. The second-order valence-electron chi connectivity index (χ2n) is 6.90. The summed E-state index contributed by atoms with van der Waals surface area (Å²) in [6.45, 7) is 0. The van der Waals surface area contributed by atoms with Crippen molar-refractivity contribution in [1.82, 2.24) is 0 Å². The predicted octanol–water partition coefficient (Wildman–Crippen LogP) is 4.73. The van der Waals surface area contributed by atoms with Crippen molar-refractivity contribution in [3.05, 3.63) is 120 Å². The minimum Gasteiger partial charge on any atom is -0.450 e. The zero-order chi connectivity index (χ0) is 19.4. The van der Waals surface area contributed by atoms with Crippen molar-refractivity contribution in [2.75, 3.05) is 0 Å². The number of allylic oxidation sites excluding steroid dienone is 1. The van der Waals surface area contributed by atoms with E-state index in [0.717, 1.165) is 11.1 Å². The molecule has 1 aliphatic carbocycles. The van der Waals surface area contributed by atoms with Crippen LogP contribution in [-0.4, -0.2) is 17.9 Å². The maximum Gasteiger partial charge on any atom is 0.338 e. The van der Waals surface area contributed by atoms with Gasteiger partial charge in [0.2, 0.25) is 0 Å². The Morgan fingerprint density at radius 1 is 0.786 bits per heavy atom. The molecule has 1 unspecified atom stereocenters. The van der Waals surface area contributed by atoms with Crippen LogP contribution in [0.15, 0.2) is 103 Å². The van der Waals surface area contributed by atoms with Crippen LogP contribution in [-0.2, 0) is 14.9 Å². The van der Waals surface area contributed by atoms with Gasteiger partial charge in [-0.3, -0.25) is 4.79 Å². The molecule has 0 saturated heterocycles. The standard InChI is InChI=1S/C25H20O3/c26-22-16-17-25(20-12-6-2-7-13-20,21-14-8-3-9-15-21)18-23(22)28-24(27)19-10-4-1-5-11-19/h1-17,23H,18H2. The molecule has 0 radical (unpaired) electrons. The minimum atomic E-state index is -0.835. The van der Waals surface area contributed by atoms with E-state index < -0.39 is 17.5 Å². The van der Waals surface area contributed by atoms with E-state index in [2.05, 4.69) is 0 Å². The fraction of sp³-hybridized carbons (Fsp3) is 0.120. The van der Waals surface area contributed by atoms with E-state index in [9.17, 15) is 9.59 Å². The average molecular weight is 368 g/mol. The fourth-order valence-electron chi connectivity index (χ4n) is 3.73. The van der Waals surface area contributed by atoms with Gasteiger partial charge in [-0.1, -0.05) is 84.9 Å². The van der Waals surface area contributed by atoms with Gasteiger partial charge in [-0.2, -0.15) is 0 Å². The normalized spacial score (nSPS) is 17.9. The number of hydrogen-bond acceptors (Lipinski definition) is 3. The van der Waals surface area contributed by atoms with Crippen LogP contribution in [0.5, 0.6) is 0 Å². The second-order valence-corrected chi connectivity index (χ2v) is 6.90. The third kappa shape index (κ3) is 3.39. The lowest BCUT2D eigenvalue weighted by Gasteiger charge is -2.37. The first-order chi connectivity index (χ1) is 13.7. The monoisotopic (exact) mass is 368 g/mol. The highest BCUT2D eigenvalue weighted by Gasteiger charge is 2.41. The Kier molecular flexibility index (Phi) is 4.90. The number of rotatable bonds is 4. The predicted molar refractivity (Wildman–Crippen MR) is 108 cm³/mol. The maximum atomic E-state index is 12.5. The van der Waals surface area contributed by atoms with Gasteiger partial charge in [-0.05, 0) is 29.3 Å². The van der Waals surface area contributed by atoms with E-state index in [1.807, 2.05) is 72.8 Å². The molecule has 0 heterocycles. The molecule has 1 aliphatic rings. The van der Waals surface area contributed by atoms with E-state index in [-0.39, 0.29) is 5.78 Å². The number of carbonyl (C=O) groups excluding carboxylic acids is 2. The third-order valence-corrected chi connectivity index (χ3v) is 5.19. The Morgan fingerprint density at radius 2 is 1.29 bits per heavy atom. The number of hydrogen-bond donors (Lipinski definition) is 0. The number of ketones is 1. The molecule has 138 valence electrons. The number of ether oxygens (including phenoxy) is 1. The highest BCUT2D eigenvalue weighted by molar-refractivity contribution is 5.98. The Bertz CT molecular complexity index is 952. The van der Waals surface area contributed by atoms with Crippen molar-refractivity contribution >= 4 is 11.8 Å². The van der Waals surface area contributed by atoms with E-state index in [4.69, 9.17) is 4.74 Å². The molecule has 3 heteroatoms. The van der Waals surface area contributed by atoms with Gasteiger partial charge in [-0.15, -0.1) is 0 Å². The van der Waals surface area contributed by atoms with Crippen LogP contribution in [0.25, 0.3) is 0 Å². The molecule has 0 amide bonds. The molecule has 3 aromatic rings. The summed E-state index contributed by atoms with van der Waals surface area (Å²) in [7, 11) is 0. The largest absolute Gasteiger partial charge is 0.450 e. The SMILES string of the molecule is O=C(OC1CC(c2ccccc2)(c2ccccc2)C=CC1=O)c1ccccc1. The highest BCUT2D eigenvalue weighted by atomic mass is 16.5. The summed E-state index contributed by atoms with van der Waals surface area (Å²) in [4.78, 5) is 25.1. The van der Waals surface area contributed by atoms with Crippen molar-refractivity contribution in [3.63, 3.8) is 0 Å². The zero-order valence-electron chi connectivity index (χ0n) is 15.3. The first-order valence-corrected chi connectivity index (χ1v) is 9.29. The summed E-state index contributed by atoms with van der Waals surface area (Å²) in [6, 6.07) is 28.8. The minimum absolute atomic E-state index is 0.188. The molecule has 0 N–H and O–H groups in total. The Hall–Kier alpha value is -3.46. The van der Waals surface area contributed by atoms with Gasteiger partial charge in [0.25, 0.3) is 0 Å². The van der Waals surface area contributed by atoms with Crippen molar-refractivity contribution in [3.8, 4) is 0 Å². The van der Waals surface area contributed by atoms with Gasteiger partial charge in [0.05, 0.1) is 5.56 Å². The quantitative estimate of drug-likeness (QED) is 0.626. The van der Waals surface area contributed by atoms with Crippen LogP contribution in [0.2, 0.25) is 0 Å². The summed E-state index contributed by atoms with van der Waals surface area (Å²) in [5, 5.41) is 0. The first kappa shape index (κ1) is 17.9. The van der Waals surface area contributed by atoms with Gasteiger partial charge >= 0.3 is 5.97 Å². The van der Waals surface area contributed by atoms with Crippen molar-refractivity contribution < 1.29 is 14.3 Å². The molecule has 3 aromatic carbocycles. The topological polar surface area (TPSA) is 43.4 Å². The fourth-order valence-corrected chi connectivity index (χ4v) is 3.73. The smallest absolute Gasteiger partial charge is 0.338 e. The molecule has 4 rings (SSSR count). The van der Waals surface area contributed by atoms with E-state index in [0.29, 0.717) is 12.0 Å². The van der Waals surface area contributed by atoms with Crippen LogP contribution in [0.4, 0.5) is 0 Å². The lowest BCUT2D eigenvalue weighted by Crippen LogP contribution is -2.40. The van der Waals surface area contributed by atoms with Gasteiger partial charge in [0.1, 0.15) is 0 Å². The van der Waals surface area contributed by atoms with Gasteiger partial charge in [-0.25, -0.2) is 4.79 Å². The van der Waals surface area contributed by atoms with Crippen LogP contribution < -0.4 is 0 Å². The van der Waals surface area contributed by atoms with Crippen molar-refractivity contribution in [2.24, 2.45) is 0 Å². The number of esters is 1. The Morgan fingerprint density at radius 3 is 1.82 bits per heavy atom. The second kappa shape index (κ2) is 7.65. The van der Waals surface area contributed by atoms with Crippen LogP contribution in [0.1, 0.15) is 27.9 Å². The van der Waals surface area contributed by atoms with E-state index in [1.165, 1.54) is 0 Å². The van der Waals surface area contributed by atoms with Crippen molar-refractivity contribution in [2.45, 2.75) is 17.9 Å². The molecule has 0 saturated carbocycles. The summed E-state index contributed by atoms with van der Waals surface area (Å²) in [5.74, 6) is -0.670. The summed E-state index contributed by atoms with van der Waals surface area (Å²) in [6.07, 6.45) is 3.02. The van der Waals surface area contributed by atoms with Crippen LogP contribution >= 0.6 is 0 Å². The maximum absolute atomic E-state index is 12.5. The molecule has 1 atom stereocenters. The molecule has 28 heavy (non-hydrogen) atoms. The molecule has 3 nitrogen and oxygen atoms in total. The molecule has 0 aromatic heterocycles. The summed E-state index contributed by atoms with van der Waals surface area (Å²) >= 11 is 0. The molecular formula is C25H20O3. The van der Waals surface area contributed by atoms with Crippen LogP contribution in [0.3, 0.4) is 0 Å². The summed E-state index contributed by atoms with van der Waals surface area (Å²) in [5.41, 5.74) is 2.03. The van der Waals surface area contributed by atoms with E-state index >= 15 is 0 Å². The summed E-state index contributed by atoms with van der Waals surface area (Å²) < 4.78 is 5.65. The number of benzene rings is 3.